The number of hydrogen-bond acceptors (Lipinski definition) is 21. The van der Waals surface area contributed by atoms with Crippen molar-refractivity contribution in [2.45, 2.75) is 97.2 Å². The number of alkyl carbamates (subject to hydrolysis) is 3. The van der Waals surface area contributed by atoms with Gasteiger partial charge in [-0.2, -0.15) is 0 Å². The summed E-state index contributed by atoms with van der Waals surface area (Å²) < 4.78 is 63.4. The number of rotatable bonds is 17. The molecule has 6 rings (SSSR count). The molecule has 3 aromatic heterocycles. The zero-order valence-corrected chi connectivity index (χ0v) is 45.1. The molecule has 0 fully saturated rings. The van der Waals surface area contributed by atoms with Crippen LogP contribution in [-0.2, 0) is 28.6 Å². The Bertz CT molecular complexity index is 3360. The minimum atomic E-state index is -1.65. The Morgan fingerprint density at radius 3 is 1.45 bits per heavy atom. The van der Waals surface area contributed by atoms with E-state index >= 15 is 0 Å². The topological polar surface area (TPSA) is 326 Å². The Balaban J connectivity index is 1.63. The standard InChI is InChI=1S/C53H62N4O21/c1-51(2,3)76-48(65)54-29(22-58)44(61)72-32-15-14-25(18-34(32)68-10)38-39-28-20-35(69-11)36(74-45(62)30(23-59)55-49(66)77-52(4,5)6)21-33(28)73-47(64)41(39)57-17-16-26-27(40(38)57)19-37(70-12)43(71-13)42(26)75-46(63)31(24-60)56-50(67)78-53(7,8)9/h14-21,29-31,58-60H,22-24H2,1-13H3,(H,54,65)(H,55,66)(H,56,67)/t29-,30-,31-/m0/s1. The highest BCUT2D eigenvalue weighted by atomic mass is 16.6. The summed E-state index contributed by atoms with van der Waals surface area (Å²) in [6, 6.07) is 5.11. The van der Waals surface area contributed by atoms with Gasteiger partial charge in [-0.1, -0.05) is 6.07 Å². The summed E-state index contributed by atoms with van der Waals surface area (Å²) in [6.07, 6.45) is -1.57. The Morgan fingerprint density at radius 1 is 0.526 bits per heavy atom. The number of carbonyl (C=O) groups is 6. The number of fused-ring (bicyclic) bond motifs is 7. The lowest BCUT2D eigenvalue weighted by Crippen LogP contribution is -2.47. The van der Waals surface area contributed by atoms with Gasteiger partial charge in [0.2, 0.25) is 5.75 Å². The molecule has 6 aromatic rings. The van der Waals surface area contributed by atoms with Gasteiger partial charge in [-0.25, -0.2) is 33.6 Å². The number of pyridine rings is 1. The van der Waals surface area contributed by atoms with Gasteiger partial charge in [0, 0.05) is 39.4 Å². The average Bonchev–Trinajstić information content (AvgIpc) is 3.98. The van der Waals surface area contributed by atoms with Gasteiger partial charge in [0.05, 0.1) is 53.8 Å². The number of benzene rings is 3. The number of amides is 3. The summed E-state index contributed by atoms with van der Waals surface area (Å²) in [5.74, 6) is -4.34. The van der Waals surface area contributed by atoms with Crippen LogP contribution in [0.2, 0.25) is 0 Å². The van der Waals surface area contributed by atoms with Gasteiger partial charge in [-0.15, -0.1) is 0 Å². The van der Waals surface area contributed by atoms with Crippen LogP contribution in [0.1, 0.15) is 62.3 Å². The molecule has 420 valence electrons. The molecular formula is C53H62N4O21. The van der Waals surface area contributed by atoms with Crippen molar-refractivity contribution in [3.63, 3.8) is 0 Å². The molecule has 0 aliphatic carbocycles. The van der Waals surface area contributed by atoms with Crippen LogP contribution in [0.5, 0.6) is 40.2 Å². The maximum Gasteiger partial charge on any atom is 0.408 e. The smallest absolute Gasteiger partial charge is 0.408 e. The minimum Gasteiger partial charge on any atom is -0.493 e. The molecule has 3 amide bonds. The molecule has 0 bridgehead atoms. The van der Waals surface area contributed by atoms with Crippen LogP contribution in [-0.4, -0.2) is 139 Å². The average molecular weight is 1090 g/mol. The van der Waals surface area contributed by atoms with E-state index in [1.165, 1.54) is 81.5 Å². The van der Waals surface area contributed by atoms with Crippen molar-refractivity contribution in [3.8, 4) is 51.4 Å². The Labute approximate surface area is 445 Å². The van der Waals surface area contributed by atoms with E-state index in [1.807, 2.05) is 0 Å². The molecule has 0 radical (unpaired) electrons. The van der Waals surface area contributed by atoms with Gasteiger partial charge in [0.25, 0.3) is 0 Å². The second kappa shape index (κ2) is 23.4. The third-order valence-electron chi connectivity index (χ3n) is 11.0. The van der Waals surface area contributed by atoms with Crippen LogP contribution < -0.4 is 54.7 Å². The van der Waals surface area contributed by atoms with Gasteiger partial charge < -0.3 is 87.5 Å². The van der Waals surface area contributed by atoms with Crippen molar-refractivity contribution in [2.75, 3.05) is 48.3 Å². The number of aromatic nitrogens is 1. The lowest BCUT2D eigenvalue weighted by atomic mass is 9.97. The van der Waals surface area contributed by atoms with Gasteiger partial charge >= 0.3 is 41.8 Å². The SMILES string of the molecule is COc1cc(-c2c3c4cc(OC)c(OC(=O)[C@H](CO)NC(=O)OC(C)(C)C)cc4oc(=O)c3n3ccc4c(OC(=O)[C@H](CO)NC(=O)OC(C)(C)C)c(OC)c(OC)cc4c23)ccc1OC(=O)[C@H](CO)NC(=O)OC(C)(C)C. The van der Waals surface area contributed by atoms with Crippen LogP contribution in [0.4, 0.5) is 14.4 Å². The van der Waals surface area contributed by atoms with E-state index in [1.54, 1.807) is 62.3 Å². The summed E-state index contributed by atoms with van der Waals surface area (Å²) in [5.41, 5.74) is -3.29. The lowest BCUT2D eigenvalue weighted by Gasteiger charge is -2.23. The molecule has 0 aliphatic heterocycles. The summed E-state index contributed by atoms with van der Waals surface area (Å²) in [4.78, 5) is 93.3. The number of nitrogens with zero attached hydrogens (tertiary/aromatic N) is 1. The van der Waals surface area contributed by atoms with Crippen LogP contribution >= 0.6 is 0 Å². The monoisotopic (exact) mass is 1090 g/mol. The molecule has 3 atom stereocenters. The number of aliphatic hydroxyl groups is 3. The summed E-state index contributed by atoms with van der Waals surface area (Å²) in [6.45, 7) is 11.8. The molecule has 0 saturated carbocycles. The predicted octanol–water partition coefficient (Wildman–Crippen LogP) is 5.43. The number of esters is 3. The fourth-order valence-electron chi connectivity index (χ4n) is 7.87. The molecular weight excluding hydrogens is 1030 g/mol. The van der Waals surface area contributed by atoms with Gasteiger partial charge in [0.1, 0.15) is 27.9 Å². The van der Waals surface area contributed by atoms with Crippen molar-refractivity contribution in [3.05, 3.63) is 59.1 Å². The number of aliphatic hydroxyl groups excluding tert-OH is 3. The molecule has 0 aliphatic rings. The first-order valence-electron chi connectivity index (χ1n) is 23.9. The van der Waals surface area contributed by atoms with E-state index in [0.29, 0.717) is 0 Å². The van der Waals surface area contributed by atoms with Crippen molar-refractivity contribution < 1.29 is 95.9 Å². The highest BCUT2D eigenvalue weighted by molar-refractivity contribution is 6.22. The molecule has 3 heterocycles. The molecule has 6 N–H and O–H groups in total. The minimum absolute atomic E-state index is 0.00314. The van der Waals surface area contributed by atoms with Crippen LogP contribution in [0.3, 0.4) is 0 Å². The first-order chi connectivity index (χ1) is 36.6. The fraction of sp³-hybridized carbons (Fsp3) is 0.415. The van der Waals surface area contributed by atoms with Crippen LogP contribution in [0.25, 0.3) is 49.3 Å². The molecule has 0 spiro atoms. The predicted molar refractivity (Wildman–Crippen MR) is 278 cm³/mol. The largest absolute Gasteiger partial charge is 0.493 e. The van der Waals surface area contributed by atoms with E-state index in [9.17, 15) is 48.9 Å². The van der Waals surface area contributed by atoms with Crippen molar-refractivity contribution >= 4 is 74.3 Å². The number of hydrogen-bond donors (Lipinski definition) is 6. The number of ether oxygens (including phenoxy) is 10. The molecule has 0 unspecified atom stereocenters. The summed E-state index contributed by atoms with van der Waals surface area (Å²) in [7, 11) is 5.15. The van der Waals surface area contributed by atoms with Crippen molar-refractivity contribution in [1.29, 1.82) is 0 Å². The van der Waals surface area contributed by atoms with Crippen LogP contribution in [0, 0.1) is 0 Å². The number of carbonyl (C=O) groups excluding carboxylic acids is 6. The van der Waals surface area contributed by atoms with E-state index in [4.69, 9.17) is 51.8 Å². The number of methoxy groups -OCH3 is 4. The van der Waals surface area contributed by atoms with Crippen molar-refractivity contribution in [1.82, 2.24) is 20.4 Å². The van der Waals surface area contributed by atoms with Crippen molar-refractivity contribution in [2.24, 2.45) is 0 Å². The normalized spacial score (nSPS) is 13.0. The molecule has 0 saturated heterocycles. The number of nitrogens with one attached hydrogen (secondary N) is 3. The first-order valence-corrected chi connectivity index (χ1v) is 23.9. The second-order valence-corrected chi connectivity index (χ2v) is 20.2. The first kappa shape index (κ1) is 58.7. The molecule has 3 aromatic carbocycles. The molecule has 25 nitrogen and oxygen atoms in total. The van der Waals surface area contributed by atoms with E-state index < -0.39 is 96.6 Å². The lowest BCUT2D eigenvalue weighted by molar-refractivity contribution is -0.138. The summed E-state index contributed by atoms with van der Waals surface area (Å²) in [5, 5.41) is 38.0. The fourth-order valence-corrected chi connectivity index (χ4v) is 7.87. The molecule has 78 heavy (non-hydrogen) atoms. The maximum atomic E-state index is 14.6. The Kier molecular flexibility index (Phi) is 17.6. The quantitative estimate of drug-likeness (QED) is 0.0287. The molecule has 25 heteroatoms. The van der Waals surface area contributed by atoms with E-state index in [-0.39, 0.29) is 89.5 Å². The third-order valence-corrected chi connectivity index (χ3v) is 11.0. The van der Waals surface area contributed by atoms with E-state index in [2.05, 4.69) is 16.0 Å². The highest BCUT2D eigenvalue weighted by Crippen LogP contribution is 2.50. The highest BCUT2D eigenvalue weighted by Gasteiger charge is 2.33. The second-order valence-electron chi connectivity index (χ2n) is 20.2. The van der Waals surface area contributed by atoms with Gasteiger partial charge in [0.15, 0.2) is 52.6 Å². The maximum absolute atomic E-state index is 14.6. The zero-order valence-electron chi connectivity index (χ0n) is 45.1. The Morgan fingerprint density at radius 2 is 0.987 bits per heavy atom. The van der Waals surface area contributed by atoms with Gasteiger partial charge in [-0.05, 0) is 98.2 Å². The van der Waals surface area contributed by atoms with Crippen LogP contribution in [0.15, 0.2) is 57.9 Å². The Hall–Kier alpha value is -8.55. The van der Waals surface area contributed by atoms with Gasteiger partial charge in [-0.3, -0.25) is 0 Å². The van der Waals surface area contributed by atoms with E-state index in [0.717, 1.165) is 0 Å². The third kappa shape index (κ3) is 13.2. The summed E-state index contributed by atoms with van der Waals surface area (Å²) >= 11 is 0. The zero-order chi connectivity index (χ0) is 57.8.